The van der Waals surface area contributed by atoms with Gasteiger partial charge < -0.3 is 9.47 Å². The quantitative estimate of drug-likeness (QED) is 0.245. The van der Waals surface area contributed by atoms with E-state index in [0.717, 1.165) is 19.4 Å². The van der Waals surface area contributed by atoms with Crippen LogP contribution in [0.3, 0.4) is 0 Å². The fourth-order valence-electron chi connectivity index (χ4n) is 4.34. The Morgan fingerprint density at radius 3 is 2.09 bits per heavy atom. The smallest absolute Gasteiger partial charge is 0.337 e. The zero-order valence-corrected chi connectivity index (χ0v) is 25.8. The molecule has 0 N–H and O–H groups in total. The molecule has 3 heterocycles. The highest BCUT2D eigenvalue weighted by Gasteiger charge is 2.23. The van der Waals surface area contributed by atoms with Gasteiger partial charge in [-0.3, -0.25) is 23.7 Å². The molecular formula is C33H37FN4O5. The Morgan fingerprint density at radius 2 is 1.51 bits per heavy atom. The standard InChI is InChI=1S/C29H25FN4O5.2C2H6/c1-17-5-12-23(22(30)13-17)34-27-26(24(14-25(35)32(27)3)39-21-9-6-18(2)31-15-21)28(36)33(29(34)37)16-19-7-10-20(38-4)11-8-19;2*1-2/h5-15H,16H2,1-4H3;2*1-2H3. The van der Waals surface area contributed by atoms with E-state index in [2.05, 4.69) is 4.98 Å². The molecule has 10 heteroatoms. The van der Waals surface area contributed by atoms with Crippen molar-refractivity contribution in [3.05, 3.63) is 121 Å². The van der Waals surface area contributed by atoms with Crippen molar-refractivity contribution < 1.29 is 13.9 Å². The van der Waals surface area contributed by atoms with Crippen LogP contribution in [0.4, 0.5) is 4.39 Å². The van der Waals surface area contributed by atoms with E-state index in [1.165, 1.54) is 38.6 Å². The molecule has 226 valence electrons. The highest BCUT2D eigenvalue weighted by Crippen LogP contribution is 2.27. The summed E-state index contributed by atoms with van der Waals surface area (Å²) in [6.45, 7) is 11.4. The Bertz CT molecular complexity index is 1890. The van der Waals surface area contributed by atoms with Gasteiger partial charge in [-0.15, -0.1) is 0 Å². The van der Waals surface area contributed by atoms with Crippen molar-refractivity contribution >= 4 is 11.0 Å². The second-order valence-corrected chi connectivity index (χ2v) is 9.15. The Hall–Kier alpha value is -4.99. The van der Waals surface area contributed by atoms with Crippen LogP contribution in [0.5, 0.6) is 17.2 Å². The fraction of sp³-hybridized carbons (Fsp3) is 0.273. The van der Waals surface area contributed by atoms with Gasteiger partial charge in [-0.1, -0.05) is 45.9 Å². The van der Waals surface area contributed by atoms with Gasteiger partial charge in [0.25, 0.3) is 11.1 Å². The minimum Gasteiger partial charge on any atom is -0.497 e. The second-order valence-electron chi connectivity index (χ2n) is 9.15. The summed E-state index contributed by atoms with van der Waals surface area (Å²) in [7, 11) is 2.95. The van der Waals surface area contributed by atoms with Crippen LogP contribution >= 0.6 is 0 Å². The fourth-order valence-corrected chi connectivity index (χ4v) is 4.34. The van der Waals surface area contributed by atoms with Crippen LogP contribution in [0.2, 0.25) is 0 Å². The summed E-state index contributed by atoms with van der Waals surface area (Å²) in [5, 5.41) is -0.0641. The number of aromatic nitrogens is 4. The highest BCUT2D eigenvalue weighted by molar-refractivity contribution is 5.83. The summed E-state index contributed by atoms with van der Waals surface area (Å²) >= 11 is 0. The molecule has 0 amide bonds. The molecule has 0 aliphatic heterocycles. The summed E-state index contributed by atoms with van der Waals surface area (Å²) in [5.41, 5.74) is -0.225. The summed E-state index contributed by atoms with van der Waals surface area (Å²) in [6, 6.07) is 15.8. The molecule has 0 radical (unpaired) electrons. The molecular weight excluding hydrogens is 551 g/mol. The Morgan fingerprint density at radius 1 is 0.860 bits per heavy atom. The summed E-state index contributed by atoms with van der Waals surface area (Å²) in [4.78, 5) is 45.1. The number of pyridine rings is 2. The maximum atomic E-state index is 15.3. The number of methoxy groups -OCH3 is 1. The van der Waals surface area contributed by atoms with Crippen LogP contribution in [0.25, 0.3) is 16.7 Å². The van der Waals surface area contributed by atoms with Crippen LogP contribution in [0.15, 0.2) is 81.2 Å². The van der Waals surface area contributed by atoms with E-state index in [1.807, 2.05) is 34.6 Å². The normalized spacial score (nSPS) is 10.3. The summed E-state index contributed by atoms with van der Waals surface area (Å²) < 4.78 is 29.6. The summed E-state index contributed by atoms with van der Waals surface area (Å²) in [6.07, 6.45) is 1.46. The largest absolute Gasteiger partial charge is 0.497 e. The molecule has 0 spiro atoms. The molecule has 43 heavy (non-hydrogen) atoms. The molecule has 5 aromatic rings. The van der Waals surface area contributed by atoms with Crippen molar-refractivity contribution in [2.24, 2.45) is 7.05 Å². The molecule has 0 unspecified atom stereocenters. The second kappa shape index (κ2) is 14.3. The Kier molecular flexibility index (Phi) is 10.8. The number of benzene rings is 2. The minimum atomic E-state index is -0.810. The third-order valence-corrected chi connectivity index (χ3v) is 6.42. The van der Waals surface area contributed by atoms with Crippen LogP contribution in [0, 0.1) is 19.7 Å². The number of aryl methyl sites for hydroxylation is 3. The van der Waals surface area contributed by atoms with Crippen molar-refractivity contribution in [3.63, 3.8) is 0 Å². The van der Waals surface area contributed by atoms with Crippen LogP contribution in [-0.4, -0.2) is 25.8 Å². The zero-order chi connectivity index (χ0) is 31.8. The van der Waals surface area contributed by atoms with Crippen LogP contribution in [0.1, 0.15) is 44.5 Å². The van der Waals surface area contributed by atoms with E-state index in [9.17, 15) is 14.4 Å². The van der Waals surface area contributed by atoms with Crippen molar-refractivity contribution in [1.82, 2.24) is 18.7 Å². The van der Waals surface area contributed by atoms with Crippen LogP contribution < -0.4 is 26.3 Å². The van der Waals surface area contributed by atoms with Gasteiger partial charge in [-0.25, -0.2) is 13.8 Å². The lowest BCUT2D eigenvalue weighted by Crippen LogP contribution is -2.42. The van der Waals surface area contributed by atoms with Crippen LogP contribution in [-0.2, 0) is 13.6 Å². The number of halogens is 1. The first-order chi connectivity index (χ1) is 20.7. The predicted molar refractivity (Wildman–Crippen MR) is 168 cm³/mol. The SMILES string of the molecule is CC.CC.COc1ccc(Cn2c(=O)c3c(Oc4ccc(C)nc4)cc(=O)n(C)c3n(-c3ccc(C)cc3F)c2=O)cc1. The number of hydrogen-bond acceptors (Lipinski definition) is 6. The number of fused-ring (bicyclic) bond motifs is 1. The number of nitrogens with zero attached hydrogens (tertiary/aromatic N) is 4. The number of hydrogen-bond donors (Lipinski definition) is 0. The number of rotatable bonds is 6. The van der Waals surface area contributed by atoms with Gasteiger partial charge in [-0.05, 0) is 61.4 Å². The van der Waals surface area contributed by atoms with E-state index in [4.69, 9.17) is 9.47 Å². The lowest BCUT2D eigenvalue weighted by Gasteiger charge is -2.19. The van der Waals surface area contributed by atoms with Gasteiger partial charge in [0, 0.05) is 18.8 Å². The molecule has 0 atom stereocenters. The zero-order valence-electron chi connectivity index (χ0n) is 25.8. The molecule has 0 saturated carbocycles. The summed E-state index contributed by atoms with van der Waals surface area (Å²) in [5.74, 6) is 0.139. The number of ether oxygens (including phenoxy) is 2. The van der Waals surface area contributed by atoms with E-state index in [-0.39, 0.29) is 34.8 Å². The molecule has 9 nitrogen and oxygen atoms in total. The van der Waals surface area contributed by atoms with Gasteiger partial charge in [-0.2, -0.15) is 0 Å². The minimum absolute atomic E-state index is 0.0641. The molecule has 0 saturated heterocycles. The first-order valence-corrected chi connectivity index (χ1v) is 14.1. The van der Waals surface area contributed by atoms with Gasteiger partial charge in [0.2, 0.25) is 0 Å². The van der Waals surface area contributed by atoms with Gasteiger partial charge >= 0.3 is 5.69 Å². The molecule has 5 rings (SSSR count). The van der Waals surface area contributed by atoms with E-state index in [1.54, 1.807) is 49.4 Å². The van der Waals surface area contributed by atoms with Crippen molar-refractivity contribution in [1.29, 1.82) is 0 Å². The molecule has 0 fully saturated rings. The maximum Gasteiger partial charge on any atom is 0.337 e. The van der Waals surface area contributed by atoms with Gasteiger partial charge in [0.1, 0.15) is 34.1 Å². The van der Waals surface area contributed by atoms with Crippen molar-refractivity contribution in [3.8, 4) is 22.9 Å². The first-order valence-electron chi connectivity index (χ1n) is 14.1. The average Bonchev–Trinajstić information content (AvgIpc) is 3.02. The molecule has 2 aromatic carbocycles. The average molecular weight is 589 g/mol. The molecule has 3 aromatic heterocycles. The third kappa shape index (κ3) is 6.74. The lowest BCUT2D eigenvalue weighted by atomic mass is 10.2. The maximum absolute atomic E-state index is 15.3. The van der Waals surface area contributed by atoms with Crippen molar-refractivity contribution in [2.45, 2.75) is 48.1 Å². The van der Waals surface area contributed by atoms with E-state index < -0.39 is 22.6 Å². The Balaban J connectivity index is 0.00000121. The monoisotopic (exact) mass is 588 g/mol. The first kappa shape index (κ1) is 32.5. The molecule has 0 bridgehead atoms. The topological polar surface area (TPSA) is 97.3 Å². The highest BCUT2D eigenvalue weighted by atomic mass is 19.1. The third-order valence-electron chi connectivity index (χ3n) is 6.42. The predicted octanol–water partition coefficient (Wildman–Crippen LogP) is 5.90. The van der Waals surface area contributed by atoms with Crippen molar-refractivity contribution in [2.75, 3.05) is 7.11 Å². The molecule has 0 aliphatic rings. The molecule has 0 aliphatic carbocycles. The Labute approximate surface area is 249 Å². The van der Waals surface area contributed by atoms with Gasteiger partial charge in [0.05, 0.1) is 25.5 Å². The van der Waals surface area contributed by atoms with Gasteiger partial charge in [0.15, 0.2) is 0 Å². The van der Waals surface area contributed by atoms with E-state index in [0.29, 0.717) is 16.9 Å². The lowest BCUT2D eigenvalue weighted by molar-refractivity contribution is 0.414. The van der Waals surface area contributed by atoms with E-state index >= 15 is 4.39 Å².